The monoisotopic (exact) mass is 997 g/mol. The van der Waals surface area contributed by atoms with Crippen LogP contribution in [0.3, 0.4) is 0 Å². The Morgan fingerprint density at radius 1 is 0.486 bits per heavy atom. The first-order valence-electron chi connectivity index (χ1n) is 28.6. The third-order valence-electron chi connectivity index (χ3n) is 20.2. The number of hydrogen-bond acceptors (Lipinski definition) is 3. The zero-order chi connectivity index (χ0) is 52.8. The van der Waals surface area contributed by atoms with Crippen LogP contribution in [0.2, 0.25) is 19.6 Å². The molecule has 2 atom stereocenters. The van der Waals surface area contributed by atoms with Crippen LogP contribution < -0.4 is 30.6 Å². The highest BCUT2D eigenvalue weighted by Gasteiger charge is 2.56. The normalized spacial score (nSPS) is 22.8. The summed E-state index contributed by atoms with van der Waals surface area (Å²) in [4.78, 5) is 5.43. The number of benzene rings is 6. The van der Waals surface area contributed by atoms with E-state index in [9.17, 15) is 0 Å². The molecule has 12 rings (SSSR count). The Labute approximate surface area is 448 Å². The molecule has 0 aromatic heterocycles. The Bertz CT molecular complexity index is 3320. The number of anilines is 5. The molecule has 5 heteroatoms. The molecule has 2 unspecified atom stereocenters. The lowest BCUT2D eigenvalue weighted by Crippen LogP contribution is -2.63. The second kappa shape index (κ2) is 15.8. The fraction of sp³-hybridized carbons (Fsp3) is 0.478. The molecule has 3 aliphatic heterocycles. The predicted molar refractivity (Wildman–Crippen MR) is 321 cm³/mol. The van der Waals surface area contributed by atoms with Crippen LogP contribution in [0, 0.1) is 0 Å². The molecule has 6 aromatic rings. The third-order valence-corrected chi connectivity index (χ3v) is 22.3. The molecule has 0 spiro atoms. The summed E-state index contributed by atoms with van der Waals surface area (Å²) in [6.07, 6.45) is 6.80. The van der Waals surface area contributed by atoms with E-state index in [1.165, 1.54) is 139 Å². The molecule has 6 aromatic carbocycles. The van der Waals surface area contributed by atoms with E-state index in [1.54, 1.807) is 0 Å². The fourth-order valence-corrected chi connectivity index (χ4v) is 16.0. The number of fused-ring (bicyclic) bond motifs is 9. The maximum atomic E-state index is 7.74. The molecule has 0 saturated heterocycles. The lowest BCUT2D eigenvalue weighted by Gasteiger charge is -2.50. The molecular weight excluding hydrogens is 912 g/mol. The fourth-order valence-electron chi connectivity index (χ4n) is 14.8. The second-order valence-electron chi connectivity index (χ2n) is 30.2. The molecule has 384 valence electrons. The van der Waals surface area contributed by atoms with Crippen LogP contribution >= 0.6 is 0 Å². The van der Waals surface area contributed by atoms with E-state index in [-0.39, 0.29) is 56.7 Å². The Balaban J connectivity index is 1.22. The predicted octanol–water partition coefficient (Wildman–Crippen LogP) is 16.8. The van der Waals surface area contributed by atoms with Gasteiger partial charge in [-0.3, -0.25) is 0 Å². The highest BCUT2D eigenvalue weighted by atomic mass is 28.3. The Hall–Kier alpha value is -5.00. The first kappa shape index (κ1) is 49.9. The Morgan fingerprint density at radius 3 is 1.51 bits per heavy atom. The zero-order valence-electron chi connectivity index (χ0n) is 48.6. The molecule has 3 aliphatic carbocycles. The van der Waals surface area contributed by atoms with Gasteiger partial charge in [0, 0.05) is 34.3 Å². The van der Waals surface area contributed by atoms with Crippen molar-refractivity contribution in [1.29, 1.82) is 0 Å². The van der Waals surface area contributed by atoms with E-state index in [4.69, 9.17) is 4.74 Å². The average molecular weight is 997 g/mol. The summed E-state index contributed by atoms with van der Waals surface area (Å²) in [7, 11) is -1.55. The molecule has 74 heavy (non-hydrogen) atoms. The lowest BCUT2D eigenvalue weighted by molar-refractivity contribution is 0.231. The van der Waals surface area contributed by atoms with Crippen LogP contribution in [0.15, 0.2) is 103 Å². The quantitative estimate of drug-likeness (QED) is 0.164. The van der Waals surface area contributed by atoms with E-state index < -0.39 is 8.07 Å². The number of nitrogens with zero attached hydrogens (tertiary/aromatic N) is 2. The van der Waals surface area contributed by atoms with Gasteiger partial charge in [0.05, 0.1) is 8.07 Å². The van der Waals surface area contributed by atoms with E-state index >= 15 is 0 Å². The van der Waals surface area contributed by atoms with Crippen LogP contribution in [0.4, 0.5) is 28.4 Å². The smallest absolute Gasteiger partial charge is 0.231 e. The van der Waals surface area contributed by atoms with Crippen LogP contribution in [0.5, 0.6) is 5.75 Å². The Kier molecular flexibility index (Phi) is 10.6. The standard InChI is InChI=1S/C69H85BN2OSi/c1-63(2,3)44-21-26-48-59(37-44)73-62-60(48)70-55-40-53-54(69(14,15)34-33-68(53,12)13)41-56(55)71(45-22-27-49-51(38-45)66(8,9)31-29-64(49,4)5)57-35-43(42-19-24-47(25-20-42)74(16,17)18)36-58(61(57)70)72(62)46-23-28-50-52(39-46)67(10,11)32-30-65(50,6)7/h19-28,35-41,60,62H,29-34H2,1-18H3. The van der Waals surface area contributed by atoms with Crippen molar-refractivity contribution in [3.05, 3.63) is 148 Å². The molecular formula is C69H85BN2OSi. The molecule has 0 fully saturated rings. The van der Waals surface area contributed by atoms with Gasteiger partial charge in [0.1, 0.15) is 5.75 Å². The highest BCUT2D eigenvalue weighted by Crippen LogP contribution is 2.57. The number of hydrogen-bond donors (Lipinski definition) is 0. The molecule has 3 nitrogen and oxygen atoms in total. The Morgan fingerprint density at radius 2 is 0.973 bits per heavy atom. The van der Waals surface area contributed by atoms with Crippen LogP contribution in [0.25, 0.3) is 11.1 Å². The topological polar surface area (TPSA) is 15.7 Å². The van der Waals surface area contributed by atoms with Crippen LogP contribution in [-0.2, 0) is 37.9 Å². The largest absolute Gasteiger partial charge is 0.470 e. The molecule has 0 saturated carbocycles. The first-order valence-corrected chi connectivity index (χ1v) is 32.1. The van der Waals surface area contributed by atoms with Crippen molar-refractivity contribution in [1.82, 2.24) is 0 Å². The minimum Gasteiger partial charge on any atom is -0.470 e. The maximum Gasteiger partial charge on any atom is 0.231 e. The number of rotatable bonds is 4. The van der Waals surface area contributed by atoms with Crippen molar-refractivity contribution < 1.29 is 4.74 Å². The molecule has 6 aliphatic rings. The van der Waals surface area contributed by atoms with Crippen molar-refractivity contribution in [3.63, 3.8) is 0 Å². The molecule has 0 amide bonds. The summed E-state index contributed by atoms with van der Waals surface area (Å²) in [5.41, 5.74) is 23.7. The van der Waals surface area contributed by atoms with Gasteiger partial charge in [-0.1, -0.05) is 183 Å². The van der Waals surface area contributed by atoms with Gasteiger partial charge in [0.15, 0.2) is 6.23 Å². The second-order valence-corrected chi connectivity index (χ2v) is 35.3. The van der Waals surface area contributed by atoms with Gasteiger partial charge in [-0.05, 0) is 192 Å². The SMILES string of the molecule is CC(C)(C)c1ccc2c(c1)OC1C2B2c3cc4c(cc3N(c3ccc5c(c3)C(C)(C)CCC5(C)C)c3cc(-c5ccc([Si](C)(C)C)cc5)cc(c32)N1c1ccc2c(c1)C(C)(C)CCC2(C)C)C(C)(C)CCC4(C)C. The van der Waals surface area contributed by atoms with Crippen molar-refractivity contribution >= 4 is 59.3 Å². The third kappa shape index (κ3) is 7.52. The summed E-state index contributed by atoms with van der Waals surface area (Å²) in [5.74, 6) is 1.07. The van der Waals surface area contributed by atoms with E-state index in [0.717, 1.165) is 5.75 Å². The molecule has 0 radical (unpaired) electrons. The molecule has 0 N–H and O–H groups in total. The van der Waals surface area contributed by atoms with E-state index in [2.05, 4.69) is 236 Å². The van der Waals surface area contributed by atoms with Crippen molar-refractivity contribution in [3.8, 4) is 16.9 Å². The van der Waals surface area contributed by atoms with Crippen molar-refractivity contribution in [2.24, 2.45) is 0 Å². The van der Waals surface area contributed by atoms with Gasteiger partial charge in [-0.2, -0.15) is 0 Å². The summed E-state index contributed by atoms with van der Waals surface area (Å²) < 4.78 is 7.74. The van der Waals surface area contributed by atoms with E-state index in [1.807, 2.05) is 0 Å². The minimum absolute atomic E-state index is 0.0210. The van der Waals surface area contributed by atoms with Gasteiger partial charge in [-0.25, -0.2) is 0 Å². The lowest BCUT2D eigenvalue weighted by atomic mass is 9.29. The minimum atomic E-state index is -1.55. The first-order chi connectivity index (χ1) is 34.4. The van der Waals surface area contributed by atoms with Gasteiger partial charge in [0.25, 0.3) is 0 Å². The average Bonchev–Trinajstić information content (AvgIpc) is 3.71. The number of ether oxygens (including phenoxy) is 1. The van der Waals surface area contributed by atoms with Crippen molar-refractivity contribution in [2.45, 2.75) is 212 Å². The maximum absolute atomic E-state index is 7.74. The zero-order valence-corrected chi connectivity index (χ0v) is 49.6. The van der Waals surface area contributed by atoms with E-state index in [0.29, 0.717) is 0 Å². The summed E-state index contributed by atoms with van der Waals surface area (Å²) in [5, 5.41) is 1.49. The van der Waals surface area contributed by atoms with Crippen LogP contribution in [-0.4, -0.2) is 21.0 Å². The van der Waals surface area contributed by atoms with Gasteiger partial charge < -0.3 is 14.5 Å². The molecule has 0 bridgehead atoms. The van der Waals surface area contributed by atoms with Gasteiger partial charge in [-0.15, -0.1) is 0 Å². The summed E-state index contributed by atoms with van der Waals surface area (Å²) >= 11 is 0. The van der Waals surface area contributed by atoms with Crippen molar-refractivity contribution in [2.75, 3.05) is 9.80 Å². The van der Waals surface area contributed by atoms with Gasteiger partial charge in [0.2, 0.25) is 6.71 Å². The molecule has 3 heterocycles. The summed E-state index contributed by atoms with van der Waals surface area (Å²) in [6, 6.07) is 42.7. The van der Waals surface area contributed by atoms with Gasteiger partial charge >= 0.3 is 0 Å². The highest BCUT2D eigenvalue weighted by molar-refractivity contribution is 6.91. The summed E-state index contributed by atoms with van der Waals surface area (Å²) in [6.45, 7) is 44.2. The van der Waals surface area contributed by atoms with Crippen LogP contribution in [0.1, 0.15) is 193 Å².